The molecule has 1 aliphatic carbocycles. The first kappa shape index (κ1) is 20.6. The summed E-state index contributed by atoms with van der Waals surface area (Å²) < 4.78 is 0. The van der Waals surface area contributed by atoms with E-state index in [-0.39, 0.29) is 24.8 Å². The van der Waals surface area contributed by atoms with Crippen molar-refractivity contribution >= 4 is 30.5 Å². The second kappa shape index (κ2) is 10.4. The van der Waals surface area contributed by atoms with Gasteiger partial charge in [-0.3, -0.25) is 4.90 Å². The Balaban J connectivity index is 0.00000132. The molecule has 0 bridgehead atoms. The van der Waals surface area contributed by atoms with Crippen LogP contribution in [0.3, 0.4) is 0 Å². The molecule has 1 heterocycles. The fourth-order valence-corrected chi connectivity index (χ4v) is 3.81. The van der Waals surface area contributed by atoms with Crippen molar-refractivity contribution in [1.82, 2.24) is 9.80 Å². The predicted octanol–water partition coefficient (Wildman–Crippen LogP) is 3.81. The van der Waals surface area contributed by atoms with E-state index in [2.05, 4.69) is 28.0 Å². The van der Waals surface area contributed by atoms with Crippen molar-refractivity contribution < 1.29 is 0 Å². The lowest BCUT2D eigenvalue weighted by Crippen LogP contribution is -2.47. The summed E-state index contributed by atoms with van der Waals surface area (Å²) in [6, 6.07) is 8.31. The molecular weight excluding hydrogens is 329 g/mol. The molecule has 132 valence electrons. The molecule has 1 saturated heterocycles. The average Bonchev–Trinajstić information content (AvgIpc) is 2.50. The van der Waals surface area contributed by atoms with Crippen LogP contribution >= 0.6 is 24.8 Å². The molecule has 0 unspecified atom stereocenters. The Morgan fingerprint density at radius 3 is 2.22 bits per heavy atom. The minimum absolute atomic E-state index is 0. The molecule has 1 saturated carbocycles. The molecule has 2 aliphatic rings. The van der Waals surface area contributed by atoms with Crippen molar-refractivity contribution in [2.75, 3.05) is 38.5 Å². The van der Waals surface area contributed by atoms with Gasteiger partial charge >= 0.3 is 0 Å². The Kier molecular flexibility index (Phi) is 9.30. The van der Waals surface area contributed by atoms with Crippen molar-refractivity contribution in [3.05, 3.63) is 29.8 Å². The zero-order valence-electron chi connectivity index (χ0n) is 14.0. The molecule has 23 heavy (non-hydrogen) atoms. The van der Waals surface area contributed by atoms with Crippen LogP contribution in [-0.2, 0) is 6.54 Å². The van der Waals surface area contributed by atoms with E-state index >= 15 is 0 Å². The van der Waals surface area contributed by atoms with Gasteiger partial charge in [0.2, 0.25) is 0 Å². The highest BCUT2D eigenvalue weighted by molar-refractivity contribution is 5.85. The lowest BCUT2D eigenvalue weighted by molar-refractivity contribution is 0.105. The fourth-order valence-electron chi connectivity index (χ4n) is 3.81. The van der Waals surface area contributed by atoms with Crippen LogP contribution in [0.15, 0.2) is 24.3 Å². The van der Waals surface area contributed by atoms with Crippen LogP contribution in [0.5, 0.6) is 0 Å². The normalized spacial score (nSPS) is 20.5. The van der Waals surface area contributed by atoms with Gasteiger partial charge in [-0.1, -0.05) is 31.4 Å². The Labute approximate surface area is 153 Å². The number of anilines is 1. The molecule has 3 nitrogen and oxygen atoms in total. The van der Waals surface area contributed by atoms with E-state index in [1.807, 2.05) is 6.07 Å². The van der Waals surface area contributed by atoms with Gasteiger partial charge in [0.15, 0.2) is 0 Å². The summed E-state index contributed by atoms with van der Waals surface area (Å²) in [6.45, 7) is 7.25. The van der Waals surface area contributed by atoms with Crippen LogP contribution in [0.4, 0.5) is 5.69 Å². The largest absolute Gasteiger partial charge is 0.399 e. The number of rotatable bonds is 4. The molecular formula is C18H31Cl2N3. The summed E-state index contributed by atoms with van der Waals surface area (Å²) in [4.78, 5) is 5.25. The fraction of sp³-hybridized carbons (Fsp3) is 0.667. The monoisotopic (exact) mass is 359 g/mol. The molecule has 1 aromatic rings. The van der Waals surface area contributed by atoms with Gasteiger partial charge in [0.05, 0.1) is 0 Å². The van der Waals surface area contributed by atoms with Crippen LogP contribution in [0.2, 0.25) is 0 Å². The number of nitrogens with zero attached hydrogens (tertiary/aromatic N) is 2. The topological polar surface area (TPSA) is 32.5 Å². The second-order valence-electron chi connectivity index (χ2n) is 6.83. The number of nitrogen functional groups attached to an aromatic ring is 1. The maximum atomic E-state index is 5.86. The van der Waals surface area contributed by atoms with Gasteiger partial charge in [-0.15, -0.1) is 24.8 Å². The first-order valence-corrected chi connectivity index (χ1v) is 8.59. The highest BCUT2D eigenvalue weighted by atomic mass is 35.5. The quantitative estimate of drug-likeness (QED) is 0.829. The molecule has 0 radical (unpaired) electrons. The number of halogens is 2. The molecule has 0 aromatic heterocycles. The van der Waals surface area contributed by atoms with E-state index in [1.54, 1.807) is 0 Å². The van der Waals surface area contributed by atoms with Gasteiger partial charge in [0.1, 0.15) is 0 Å². The summed E-state index contributed by atoms with van der Waals surface area (Å²) in [5.41, 5.74) is 8.08. The van der Waals surface area contributed by atoms with E-state index in [4.69, 9.17) is 5.73 Å². The number of piperazine rings is 1. The SMILES string of the molecule is Cl.Cl.Nc1cccc(CN2CCN(CC3CCCCC3)CC2)c1. The molecule has 1 aromatic carbocycles. The predicted molar refractivity (Wildman–Crippen MR) is 104 cm³/mol. The molecule has 0 spiro atoms. The first-order valence-electron chi connectivity index (χ1n) is 8.59. The zero-order chi connectivity index (χ0) is 14.5. The Hall–Kier alpha value is -0.480. The van der Waals surface area contributed by atoms with Gasteiger partial charge in [-0.2, -0.15) is 0 Å². The second-order valence-corrected chi connectivity index (χ2v) is 6.83. The van der Waals surface area contributed by atoms with Crippen LogP contribution in [0, 0.1) is 5.92 Å². The Morgan fingerprint density at radius 2 is 1.57 bits per heavy atom. The summed E-state index contributed by atoms with van der Waals surface area (Å²) >= 11 is 0. The highest BCUT2D eigenvalue weighted by Gasteiger charge is 2.21. The summed E-state index contributed by atoms with van der Waals surface area (Å²) in [6.07, 6.45) is 7.30. The van der Waals surface area contributed by atoms with Gasteiger partial charge in [0.25, 0.3) is 0 Å². The van der Waals surface area contributed by atoms with Crippen LogP contribution in [0.25, 0.3) is 0 Å². The van der Waals surface area contributed by atoms with Crippen molar-refractivity contribution in [3.63, 3.8) is 0 Å². The van der Waals surface area contributed by atoms with E-state index in [0.29, 0.717) is 0 Å². The molecule has 2 N–H and O–H groups in total. The van der Waals surface area contributed by atoms with E-state index in [9.17, 15) is 0 Å². The molecule has 3 rings (SSSR count). The van der Waals surface area contributed by atoms with Crippen molar-refractivity contribution in [2.45, 2.75) is 38.6 Å². The number of nitrogens with two attached hydrogens (primary N) is 1. The minimum Gasteiger partial charge on any atom is -0.399 e. The van der Waals surface area contributed by atoms with E-state index in [1.165, 1.54) is 70.4 Å². The summed E-state index contributed by atoms with van der Waals surface area (Å²) in [7, 11) is 0. The highest BCUT2D eigenvalue weighted by Crippen LogP contribution is 2.24. The first-order chi connectivity index (χ1) is 10.3. The lowest BCUT2D eigenvalue weighted by atomic mass is 9.89. The third kappa shape index (κ3) is 6.50. The lowest BCUT2D eigenvalue weighted by Gasteiger charge is -2.37. The third-order valence-electron chi connectivity index (χ3n) is 5.06. The summed E-state index contributed by atoms with van der Waals surface area (Å²) in [5.74, 6) is 0.972. The molecule has 5 heteroatoms. The van der Waals surface area contributed by atoms with Crippen molar-refractivity contribution in [2.24, 2.45) is 5.92 Å². The van der Waals surface area contributed by atoms with Gasteiger partial charge < -0.3 is 10.6 Å². The average molecular weight is 360 g/mol. The van der Waals surface area contributed by atoms with Gasteiger partial charge in [-0.05, 0) is 36.5 Å². The summed E-state index contributed by atoms with van der Waals surface area (Å²) in [5, 5.41) is 0. The molecule has 1 aliphatic heterocycles. The Morgan fingerprint density at radius 1 is 0.913 bits per heavy atom. The van der Waals surface area contributed by atoms with Gasteiger partial charge in [-0.25, -0.2) is 0 Å². The van der Waals surface area contributed by atoms with Crippen LogP contribution in [-0.4, -0.2) is 42.5 Å². The molecule has 2 fully saturated rings. The molecule has 0 amide bonds. The van der Waals surface area contributed by atoms with Gasteiger partial charge in [0, 0.05) is 45.0 Å². The molecule has 0 atom stereocenters. The smallest absolute Gasteiger partial charge is 0.0317 e. The number of hydrogen-bond donors (Lipinski definition) is 1. The van der Waals surface area contributed by atoms with E-state index in [0.717, 1.165) is 18.2 Å². The third-order valence-corrected chi connectivity index (χ3v) is 5.06. The maximum Gasteiger partial charge on any atom is 0.0317 e. The minimum atomic E-state index is 0. The van der Waals surface area contributed by atoms with Crippen LogP contribution in [0.1, 0.15) is 37.7 Å². The van der Waals surface area contributed by atoms with E-state index < -0.39 is 0 Å². The number of hydrogen-bond acceptors (Lipinski definition) is 3. The maximum absolute atomic E-state index is 5.86. The number of benzene rings is 1. The zero-order valence-corrected chi connectivity index (χ0v) is 15.6. The standard InChI is InChI=1S/C18H29N3.2ClH/c19-18-8-4-7-17(13-18)15-21-11-9-20(10-12-21)14-16-5-2-1-3-6-16;;/h4,7-8,13,16H,1-3,5-6,9-12,14-15,19H2;2*1H. The van der Waals surface area contributed by atoms with Crippen molar-refractivity contribution in [1.29, 1.82) is 0 Å². The Bertz CT molecular complexity index is 442. The van der Waals surface area contributed by atoms with Crippen molar-refractivity contribution in [3.8, 4) is 0 Å². The van der Waals surface area contributed by atoms with Crippen LogP contribution < -0.4 is 5.73 Å².